The second-order valence-electron chi connectivity index (χ2n) is 11.5. The van der Waals surface area contributed by atoms with Gasteiger partial charge in [-0.3, -0.25) is 9.59 Å². The van der Waals surface area contributed by atoms with Crippen LogP contribution in [0.2, 0.25) is 0 Å². The molecule has 3 N–H and O–H groups in total. The molecule has 8 heteroatoms. The number of esters is 2. The van der Waals surface area contributed by atoms with Crippen molar-refractivity contribution in [3.05, 3.63) is 24.8 Å². The SMILES string of the molecule is C=CC.C[C@]12CC[C@@H](O)C[C@H]1CC[C@@H]1[C@@H]2C(=O)C[C@@]2(C)[C@H]1CC[C@]2(O)C(=O)CO.O=C1C=CC(=O)O1. The van der Waals surface area contributed by atoms with E-state index in [0.29, 0.717) is 12.3 Å². The van der Waals surface area contributed by atoms with E-state index in [9.17, 15) is 34.5 Å². The van der Waals surface area contributed by atoms with Gasteiger partial charge in [0.1, 0.15) is 18.0 Å². The largest absolute Gasteiger partial charge is 0.393 e. The van der Waals surface area contributed by atoms with Crippen LogP contribution < -0.4 is 0 Å². The lowest BCUT2D eigenvalue weighted by atomic mass is 9.44. The number of carbonyl (C=O) groups excluding carboxylic acids is 4. The van der Waals surface area contributed by atoms with E-state index < -0.39 is 35.3 Å². The summed E-state index contributed by atoms with van der Waals surface area (Å²) in [5.74, 6) is -0.778. The van der Waals surface area contributed by atoms with Gasteiger partial charge < -0.3 is 20.1 Å². The number of carbonyl (C=O) groups is 4. The fraction of sp³-hybridized carbons (Fsp3) is 0.714. The van der Waals surface area contributed by atoms with Crippen LogP contribution in [-0.2, 0) is 23.9 Å². The van der Waals surface area contributed by atoms with E-state index in [1.165, 1.54) is 0 Å². The van der Waals surface area contributed by atoms with Crippen LogP contribution in [0.3, 0.4) is 0 Å². The highest BCUT2D eigenvalue weighted by atomic mass is 16.6. The summed E-state index contributed by atoms with van der Waals surface area (Å²) in [6.07, 6.45) is 9.40. The molecule has 4 fully saturated rings. The molecule has 0 aromatic carbocycles. The van der Waals surface area contributed by atoms with Gasteiger partial charge in [0.2, 0.25) is 0 Å². The Bertz CT molecular complexity index is 924. The van der Waals surface area contributed by atoms with E-state index in [0.717, 1.165) is 50.7 Å². The van der Waals surface area contributed by atoms with Gasteiger partial charge in [0.25, 0.3) is 0 Å². The number of aliphatic hydroxyl groups excluding tert-OH is 2. The Kier molecular flexibility index (Phi) is 8.43. The Balaban J connectivity index is 0.000000304. The van der Waals surface area contributed by atoms with Crippen molar-refractivity contribution >= 4 is 23.5 Å². The first-order chi connectivity index (χ1) is 16.9. The summed E-state index contributed by atoms with van der Waals surface area (Å²) in [7, 11) is 0. The van der Waals surface area contributed by atoms with Crippen molar-refractivity contribution in [3.8, 4) is 0 Å². The fourth-order valence-electron chi connectivity index (χ4n) is 7.95. The van der Waals surface area contributed by atoms with Crippen molar-refractivity contribution in [2.75, 3.05) is 6.61 Å². The van der Waals surface area contributed by atoms with Crippen LogP contribution in [0.4, 0.5) is 0 Å². The molecular formula is C28H40O8. The minimum absolute atomic E-state index is 0.0154. The molecule has 0 saturated heterocycles. The second-order valence-corrected chi connectivity index (χ2v) is 11.5. The number of fused-ring (bicyclic) bond motifs is 5. The molecule has 0 amide bonds. The molecule has 5 aliphatic rings. The molecule has 0 bridgehead atoms. The minimum atomic E-state index is -1.58. The van der Waals surface area contributed by atoms with E-state index in [1.807, 2.05) is 13.8 Å². The molecule has 0 unspecified atom stereocenters. The Morgan fingerprint density at radius 2 is 1.72 bits per heavy atom. The summed E-state index contributed by atoms with van der Waals surface area (Å²) in [4.78, 5) is 45.6. The standard InChI is InChI=1S/C21H32O5.C4H2O3.C3H6/c1-19-7-5-13(23)9-12(19)3-4-14-15-6-8-21(26,17(25)11-22)20(15,2)10-16(24)18(14)19;5-3-1-2-4(6)7-3;1-3-2/h12-15,18,22-23,26H,3-11H2,1-2H3;1-2H;3H,1H2,2H3/t12-,13-,14+,15+,18-,19+,20+,21+;;/m1../s1. The first-order valence-electron chi connectivity index (χ1n) is 13.0. The Labute approximate surface area is 212 Å². The topological polar surface area (TPSA) is 138 Å². The Hall–Kier alpha value is -2.16. The van der Waals surface area contributed by atoms with Crippen LogP contribution in [0.5, 0.6) is 0 Å². The van der Waals surface area contributed by atoms with Gasteiger partial charge in [-0.2, -0.15) is 0 Å². The molecule has 0 aromatic heterocycles. The molecule has 4 saturated carbocycles. The summed E-state index contributed by atoms with van der Waals surface area (Å²) in [5, 5.41) is 30.6. The maximum atomic E-state index is 13.4. The predicted molar refractivity (Wildman–Crippen MR) is 131 cm³/mol. The van der Waals surface area contributed by atoms with Gasteiger partial charge in [-0.15, -0.1) is 6.58 Å². The molecule has 36 heavy (non-hydrogen) atoms. The summed E-state index contributed by atoms with van der Waals surface area (Å²) >= 11 is 0. The molecule has 0 aromatic rings. The van der Waals surface area contributed by atoms with E-state index in [-0.39, 0.29) is 41.5 Å². The van der Waals surface area contributed by atoms with Gasteiger partial charge >= 0.3 is 11.9 Å². The molecule has 1 aliphatic heterocycles. The Morgan fingerprint density at radius 1 is 1.11 bits per heavy atom. The quantitative estimate of drug-likeness (QED) is 0.296. The normalized spacial score (nSPS) is 42.5. The highest BCUT2D eigenvalue weighted by Crippen LogP contribution is 2.67. The number of cyclic esters (lactones) is 2. The first-order valence-corrected chi connectivity index (χ1v) is 13.0. The van der Waals surface area contributed by atoms with E-state index in [2.05, 4.69) is 18.2 Å². The van der Waals surface area contributed by atoms with Crippen LogP contribution in [-0.4, -0.2) is 57.1 Å². The number of hydrogen-bond donors (Lipinski definition) is 3. The number of ether oxygens (including phenoxy) is 1. The van der Waals surface area contributed by atoms with Crippen LogP contribution in [0.15, 0.2) is 24.8 Å². The molecule has 0 spiro atoms. The minimum Gasteiger partial charge on any atom is -0.393 e. The van der Waals surface area contributed by atoms with E-state index in [1.54, 1.807) is 6.08 Å². The average molecular weight is 505 g/mol. The Morgan fingerprint density at radius 3 is 2.25 bits per heavy atom. The molecule has 8 atom stereocenters. The molecule has 8 nitrogen and oxygen atoms in total. The summed E-state index contributed by atoms with van der Waals surface area (Å²) in [5.41, 5.74) is -2.40. The fourth-order valence-corrected chi connectivity index (χ4v) is 7.95. The smallest absolute Gasteiger partial charge is 0.338 e. The average Bonchev–Trinajstić information content (AvgIpc) is 3.33. The van der Waals surface area contributed by atoms with Crippen molar-refractivity contribution in [1.29, 1.82) is 0 Å². The lowest BCUT2D eigenvalue weighted by Gasteiger charge is -2.60. The predicted octanol–water partition coefficient (Wildman–Crippen LogP) is 2.68. The molecule has 200 valence electrons. The van der Waals surface area contributed by atoms with Crippen molar-refractivity contribution in [2.24, 2.45) is 34.5 Å². The molecule has 4 aliphatic carbocycles. The third-order valence-electron chi connectivity index (χ3n) is 9.64. The van der Waals surface area contributed by atoms with Crippen LogP contribution in [0, 0.1) is 34.5 Å². The molecular weight excluding hydrogens is 464 g/mol. The van der Waals surface area contributed by atoms with Crippen molar-refractivity contribution < 1.29 is 39.2 Å². The zero-order valence-corrected chi connectivity index (χ0v) is 21.6. The summed E-state index contributed by atoms with van der Waals surface area (Å²) in [6, 6.07) is 0. The highest BCUT2D eigenvalue weighted by molar-refractivity contribution is 6.04. The molecule has 1 heterocycles. The third kappa shape index (κ3) is 4.75. The van der Waals surface area contributed by atoms with Crippen LogP contribution in [0.1, 0.15) is 72.1 Å². The van der Waals surface area contributed by atoms with Crippen molar-refractivity contribution in [1.82, 2.24) is 0 Å². The highest BCUT2D eigenvalue weighted by Gasteiger charge is 2.68. The number of hydrogen-bond acceptors (Lipinski definition) is 8. The summed E-state index contributed by atoms with van der Waals surface area (Å²) < 4.78 is 3.97. The van der Waals surface area contributed by atoms with Gasteiger partial charge in [-0.25, -0.2) is 9.59 Å². The van der Waals surface area contributed by atoms with Crippen molar-refractivity contribution in [2.45, 2.75) is 83.8 Å². The zero-order valence-electron chi connectivity index (χ0n) is 21.6. The summed E-state index contributed by atoms with van der Waals surface area (Å²) in [6.45, 7) is 8.71. The van der Waals surface area contributed by atoms with Crippen molar-refractivity contribution in [3.63, 3.8) is 0 Å². The molecule has 0 radical (unpaired) electrons. The lowest BCUT2D eigenvalue weighted by molar-refractivity contribution is -0.180. The third-order valence-corrected chi connectivity index (χ3v) is 9.64. The number of ketones is 2. The van der Waals surface area contributed by atoms with E-state index >= 15 is 0 Å². The van der Waals surface area contributed by atoms with Gasteiger partial charge in [0.15, 0.2) is 5.78 Å². The second kappa shape index (κ2) is 10.7. The number of rotatable bonds is 2. The maximum Gasteiger partial charge on any atom is 0.338 e. The monoisotopic (exact) mass is 504 g/mol. The van der Waals surface area contributed by atoms with Gasteiger partial charge in [0, 0.05) is 29.9 Å². The number of aliphatic hydroxyl groups is 3. The first kappa shape index (κ1) is 28.4. The zero-order chi connectivity index (χ0) is 26.9. The van der Waals surface area contributed by atoms with E-state index in [4.69, 9.17) is 0 Å². The number of allylic oxidation sites excluding steroid dienone is 1. The number of Topliss-reactive ketones (excluding diaryl/α,β-unsaturated/α-hetero) is 2. The van der Waals surface area contributed by atoms with Crippen LogP contribution in [0.25, 0.3) is 0 Å². The van der Waals surface area contributed by atoms with Crippen LogP contribution >= 0.6 is 0 Å². The lowest BCUT2D eigenvalue weighted by Crippen LogP contribution is -2.62. The molecule has 5 rings (SSSR count). The van der Waals surface area contributed by atoms with Gasteiger partial charge in [-0.05, 0) is 75.0 Å². The maximum absolute atomic E-state index is 13.4. The van der Waals surface area contributed by atoms with Gasteiger partial charge in [0.05, 0.1) is 6.10 Å². The van der Waals surface area contributed by atoms with Gasteiger partial charge in [-0.1, -0.05) is 19.9 Å².